The van der Waals surface area contributed by atoms with E-state index < -0.39 is 0 Å². The third-order valence-corrected chi connectivity index (χ3v) is 6.87. The summed E-state index contributed by atoms with van der Waals surface area (Å²) < 4.78 is 10.6. The van der Waals surface area contributed by atoms with Gasteiger partial charge in [0, 0.05) is 12.1 Å². The van der Waals surface area contributed by atoms with E-state index >= 15 is 0 Å². The SMILES string of the molecule is COCc1nc(OC)c2c(C)c(C(=O)NC3(c4ccc(Cl)cc4)CCC3)sc2n1. The van der Waals surface area contributed by atoms with Crippen molar-refractivity contribution in [2.24, 2.45) is 0 Å². The summed E-state index contributed by atoms with van der Waals surface area (Å²) in [5, 5.41) is 4.74. The molecule has 8 heteroatoms. The van der Waals surface area contributed by atoms with Gasteiger partial charge in [-0.05, 0) is 49.4 Å². The highest BCUT2D eigenvalue weighted by Gasteiger charge is 2.40. The highest BCUT2D eigenvalue weighted by atomic mass is 35.5. The van der Waals surface area contributed by atoms with Gasteiger partial charge in [0.15, 0.2) is 5.82 Å². The Bertz CT molecular complexity index is 1060. The number of hydrogen-bond donors (Lipinski definition) is 1. The van der Waals surface area contributed by atoms with Gasteiger partial charge in [-0.2, -0.15) is 4.98 Å². The maximum Gasteiger partial charge on any atom is 0.262 e. The Morgan fingerprint density at radius 3 is 2.55 bits per heavy atom. The van der Waals surface area contributed by atoms with Crippen LogP contribution in [0.5, 0.6) is 5.88 Å². The molecule has 0 bridgehead atoms. The summed E-state index contributed by atoms with van der Waals surface area (Å²) in [5.41, 5.74) is 1.57. The number of aryl methyl sites for hydroxylation is 1. The molecule has 1 fully saturated rings. The van der Waals surface area contributed by atoms with Gasteiger partial charge in [0.1, 0.15) is 11.4 Å². The summed E-state index contributed by atoms with van der Waals surface area (Å²) in [6, 6.07) is 7.72. The van der Waals surface area contributed by atoms with Crippen LogP contribution in [0, 0.1) is 6.92 Å². The van der Waals surface area contributed by atoms with Crippen molar-refractivity contribution in [2.75, 3.05) is 14.2 Å². The first-order valence-electron chi connectivity index (χ1n) is 9.39. The predicted octanol–water partition coefficient (Wildman–Crippen LogP) is 4.62. The Balaban J connectivity index is 1.69. The number of nitrogens with one attached hydrogen (secondary N) is 1. The number of nitrogens with zero attached hydrogens (tertiary/aromatic N) is 2. The molecule has 0 saturated heterocycles. The molecule has 6 nitrogen and oxygen atoms in total. The highest BCUT2D eigenvalue weighted by molar-refractivity contribution is 7.20. The van der Waals surface area contributed by atoms with Crippen LogP contribution in [0.2, 0.25) is 5.02 Å². The predicted molar refractivity (Wildman–Crippen MR) is 114 cm³/mol. The van der Waals surface area contributed by atoms with Gasteiger partial charge in [-0.1, -0.05) is 23.7 Å². The number of halogens is 1. The van der Waals surface area contributed by atoms with E-state index in [4.69, 9.17) is 21.1 Å². The van der Waals surface area contributed by atoms with Crippen molar-refractivity contribution in [1.29, 1.82) is 0 Å². The molecular weight excluding hydrogens is 410 g/mol. The van der Waals surface area contributed by atoms with Crippen LogP contribution in [0.1, 0.15) is 45.9 Å². The molecule has 1 N–H and O–H groups in total. The Morgan fingerprint density at radius 2 is 1.97 bits per heavy atom. The fraction of sp³-hybridized carbons (Fsp3) is 0.381. The second kappa shape index (κ2) is 7.89. The van der Waals surface area contributed by atoms with Crippen molar-refractivity contribution < 1.29 is 14.3 Å². The first-order valence-corrected chi connectivity index (χ1v) is 10.6. The smallest absolute Gasteiger partial charge is 0.262 e. The molecule has 1 saturated carbocycles. The monoisotopic (exact) mass is 431 g/mol. The number of methoxy groups -OCH3 is 2. The normalized spacial score (nSPS) is 15.2. The summed E-state index contributed by atoms with van der Waals surface area (Å²) >= 11 is 7.39. The minimum Gasteiger partial charge on any atom is -0.480 e. The maximum absolute atomic E-state index is 13.3. The number of aromatic nitrogens is 2. The number of amides is 1. The van der Waals surface area contributed by atoms with Crippen LogP contribution < -0.4 is 10.1 Å². The van der Waals surface area contributed by atoms with Crippen molar-refractivity contribution in [2.45, 2.75) is 38.3 Å². The van der Waals surface area contributed by atoms with Crippen molar-refractivity contribution in [3.05, 3.63) is 51.1 Å². The molecule has 4 rings (SSSR count). The van der Waals surface area contributed by atoms with Gasteiger partial charge in [0.2, 0.25) is 5.88 Å². The summed E-state index contributed by atoms with van der Waals surface area (Å²) in [6.45, 7) is 2.19. The quantitative estimate of drug-likeness (QED) is 0.616. The lowest BCUT2D eigenvalue weighted by molar-refractivity contribution is 0.0827. The Kier molecular flexibility index (Phi) is 5.46. The first kappa shape index (κ1) is 20.1. The van der Waals surface area contributed by atoms with Crippen LogP contribution >= 0.6 is 22.9 Å². The van der Waals surface area contributed by atoms with Crippen molar-refractivity contribution >= 4 is 39.1 Å². The number of rotatable bonds is 6. The van der Waals surface area contributed by atoms with Crippen molar-refractivity contribution in [1.82, 2.24) is 15.3 Å². The molecule has 0 aliphatic heterocycles. The van der Waals surface area contributed by atoms with Crippen LogP contribution in [0.15, 0.2) is 24.3 Å². The van der Waals surface area contributed by atoms with Crippen LogP contribution in [-0.4, -0.2) is 30.1 Å². The van der Waals surface area contributed by atoms with E-state index in [1.165, 1.54) is 11.3 Å². The fourth-order valence-corrected chi connectivity index (χ4v) is 4.97. The number of fused-ring (bicyclic) bond motifs is 1. The molecule has 0 unspecified atom stereocenters. The zero-order valence-electron chi connectivity index (χ0n) is 16.5. The maximum atomic E-state index is 13.3. The molecule has 0 atom stereocenters. The molecule has 1 aromatic carbocycles. The molecule has 152 valence electrons. The second-order valence-electron chi connectivity index (χ2n) is 7.22. The molecule has 1 amide bonds. The number of carbonyl (C=O) groups excluding carboxylic acids is 1. The Hall–Kier alpha value is -2.22. The Morgan fingerprint density at radius 1 is 1.24 bits per heavy atom. The van der Waals surface area contributed by atoms with Crippen LogP contribution in [0.3, 0.4) is 0 Å². The van der Waals surface area contributed by atoms with Crippen LogP contribution in [0.25, 0.3) is 10.2 Å². The number of hydrogen-bond acceptors (Lipinski definition) is 6. The zero-order chi connectivity index (χ0) is 20.6. The third-order valence-electron chi connectivity index (χ3n) is 5.43. The van der Waals surface area contributed by atoms with Crippen molar-refractivity contribution in [3.8, 4) is 5.88 Å². The Labute approximate surface area is 178 Å². The number of thiophene rings is 1. The molecular formula is C21H22ClN3O3S. The lowest BCUT2D eigenvalue weighted by atomic mass is 9.71. The number of benzene rings is 1. The first-order chi connectivity index (χ1) is 14.0. The minimum absolute atomic E-state index is 0.101. The third kappa shape index (κ3) is 3.58. The van der Waals surface area contributed by atoms with E-state index in [1.54, 1.807) is 14.2 Å². The molecule has 2 heterocycles. The van der Waals surface area contributed by atoms with Crippen LogP contribution in [-0.2, 0) is 16.9 Å². The molecule has 2 aromatic heterocycles. The average molecular weight is 432 g/mol. The fourth-order valence-electron chi connectivity index (χ4n) is 3.76. The molecule has 3 aromatic rings. The lowest BCUT2D eigenvalue weighted by Crippen LogP contribution is -2.50. The standard InChI is InChI=1S/C21H22ClN3O3S/c1-12-16-19(28-3)23-15(11-27-2)24-20(16)29-17(12)18(26)25-21(9-4-10-21)13-5-7-14(22)8-6-13/h5-8H,4,9-11H2,1-3H3,(H,25,26). The van der Waals surface area contributed by atoms with E-state index in [2.05, 4.69) is 15.3 Å². The van der Waals surface area contributed by atoms with Crippen LogP contribution in [0.4, 0.5) is 0 Å². The van der Waals surface area contributed by atoms with E-state index in [1.807, 2.05) is 31.2 Å². The average Bonchev–Trinajstić information content (AvgIpc) is 3.02. The molecule has 29 heavy (non-hydrogen) atoms. The molecule has 0 spiro atoms. The summed E-state index contributed by atoms with van der Waals surface area (Å²) in [6.07, 6.45) is 2.89. The van der Waals surface area contributed by atoms with Gasteiger partial charge in [-0.15, -0.1) is 11.3 Å². The number of ether oxygens (including phenoxy) is 2. The molecule has 0 radical (unpaired) electrons. The zero-order valence-corrected chi connectivity index (χ0v) is 18.1. The minimum atomic E-state index is -0.346. The highest BCUT2D eigenvalue weighted by Crippen LogP contribution is 2.43. The molecule has 1 aliphatic rings. The molecule has 1 aliphatic carbocycles. The van der Waals surface area contributed by atoms with Gasteiger partial charge in [0.25, 0.3) is 5.91 Å². The van der Waals surface area contributed by atoms with E-state index in [9.17, 15) is 4.79 Å². The summed E-state index contributed by atoms with van der Waals surface area (Å²) in [7, 11) is 3.16. The van der Waals surface area contributed by atoms with Gasteiger partial charge >= 0.3 is 0 Å². The van der Waals surface area contributed by atoms with Gasteiger partial charge in [-0.3, -0.25) is 4.79 Å². The van der Waals surface area contributed by atoms with E-state index in [0.29, 0.717) is 21.6 Å². The van der Waals surface area contributed by atoms with Crippen molar-refractivity contribution in [3.63, 3.8) is 0 Å². The van der Waals surface area contributed by atoms with Gasteiger partial charge in [-0.25, -0.2) is 4.98 Å². The summed E-state index contributed by atoms with van der Waals surface area (Å²) in [4.78, 5) is 23.6. The largest absolute Gasteiger partial charge is 0.480 e. The second-order valence-corrected chi connectivity index (χ2v) is 8.65. The van der Waals surface area contributed by atoms with Gasteiger partial charge in [0.05, 0.1) is 22.9 Å². The van der Waals surface area contributed by atoms with E-state index in [0.717, 1.165) is 40.6 Å². The topological polar surface area (TPSA) is 73.3 Å². The van der Waals surface area contributed by atoms with E-state index in [-0.39, 0.29) is 18.1 Å². The number of carbonyl (C=O) groups is 1. The lowest BCUT2D eigenvalue weighted by Gasteiger charge is -2.43. The van der Waals surface area contributed by atoms with Gasteiger partial charge < -0.3 is 14.8 Å². The summed E-state index contributed by atoms with van der Waals surface area (Å²) in [5.74, 6) is 0.892.